The number of benzene rings is 9. The van der Waals surface area contributed by atoms with Crippen LogP contribution in [0.15, 0.2) is 170 Å². The molecule has 0 amide bonds. The maximum Gasteiger partial charge on any atom is 0.208 e. The first-order valence-electron chi connectivity index (χ1n) is 17.6. The molecule has 0 unspecified atom stereocenters. The fraction of sp³-hybridized carbons (Fsp3) is 0. The van der Waals surface area contributed by atoms with Gasteiger partial charge in [-0.05, 0) is 62.2 Å². The van der Waals surface area contributed by atoms with Gasteiger partial charge in [-0.2, -0.15) is 0 Å². The van der Waals surface area contributed by atoms with E-state index in [4.69, 9.17) is 0 Å². The molecule has 0 aliphatic heterocycles. The Morgan fingerprint density at radius 3 is 1.20 bits per heavy atom. The highest BCUT2D eigenvalue weighted by Crippen LogP contribution is 2.55. The van der Waals surface area contributed by atoms with Gasteiger partial charge in [0.15, 0.2) is 11.5 Å². The summed E-state index contributed by atoms with van der Waals surface area (Å²) in [5, 5.41) is 57.5. The summed E-state index contributed by atoms with van der Waals surface area (Å²) in [4.78, 5) is 2.39. The molecule has 5 N–H and O–H groups in total. The third-order valence-corrected chi connectivity index (χ3v) is 10.2. The predicted octanol–water partition coefficient (Wildman–Crippen LogP) is 12.1. The quantitative estimate of drug-likeness (QED) is 0.0872. The van der Waals surface area contributed by atoms with E-state index in [1.807, 2.05) is 12.1 Å². The lowest BCUT2D eigenvalue weighted by molar-refractivity contribution is 0.330. The summed E-state index contributed by atoms with van der Waals surface area (Å²) >= 11 is 0. The monoisotopic (exact) mass is 703 g/mol. The van der Waals surface area contributed by atoms with Crippen molar-refractivity contribution < 1.29 is 25.5 Å². The van der Waals surface area contributed by atoms with Crippen LogP contribution in [0, 0.1) is 0 Å². The second-order valence-electron chi connectivity index (χ2n) is 13.3. The van der Waals surface area contributed by atoms with E-state index in [0.29, 0.717) is 5.56 Å². The van der Waals surface area contributed by atoms with Gasteiger partial charge in [0.05, 0.1) is 22.6 Å². The summed E-state index contributed by atoms with van der Waals surface area (Å²) in [6.45, 7) is 0. The zero-order chi connectivity index (χ0) is 36.9. The first-order valence-corrected chi connectivity index (χ1v) is 17.6. The molecule has 0 spiro atoms. The molecule has 0 aliphatic rings. The molecule has 9 aromatic rings. The van der Waals surface area contributed by atoms with E-state index in [1.165, 1.54) is 10.8 Å². The summed E-state index contributed by atoms with van der Waals surface area (Å²) < 4.78 is 0. The lowest BCUT2D eigenvalue weighted by atomic mass is 9.94. The number of aromatic hydroxyl groups is 5. The highest BCUT2D eigenvalue weighted by atomic mass is 16.4. The molecule has 0 aliphatic carbocycles. The number of hydrogen-bond acceptors (Lipinski definition) is 6. The van der Waals surface area contributed by atoms with E-state index in [1.54, 1.807) is 12.1 Å². The Bertz CT molecular complexity index is 2760. The lowest BCUT2D eigenvalue weighted by Crippen LogP contribution is -2.11. The van der Waals surface area contributed by atoms with Crippen molar-refractivity contribution in [3.63, 3.8) is 0 Å². The van der Waals surface area contributed by atoms with Crippen molar-refractivity contribution in [3.05, 3.63) is 170 Å². The summed E-state index contributed by atoms with van der Waals surface area (Å²) in [6.07, 6.45) is 0. The van der Waals surface area contributed by atoms with Gasteiger partial charge in [0, 0.05) is 16.2 Å². The smallest absolute Gasteiger partial charge is 0.208 e. The number of phenolic OH excluding ortho intramolecular Hbond substituents is 5. The van der Waals surface area contributed by atoms with Gasteiger partial charge in [0.2, 0.25) is 17.2 Å². The van der Waals surface area contributed by atoms with Crippen molar-refractivity contribution in [3.8, 4) is 62.1 Å². The third-order valence-electron chi connectivity index (χ3n) is 10.2. The van der Waals surface area contributed by atoms with Gasteiger partial charge < -0.3 is 30.4 Å². The SMILES string of the molecule is Oc1c(O)c(O)c(-c2ccc(-c3ccc(-c4ccc(N(c5cccc6ccccc56)c5cccc6ccccc56)c5ccccc45)cc3)cc2)c(O)c1O. The van der Waals surface area contributed by atoms with Crippen molar-refractivity contribution in [2.45, 2.75) is 0 Å². The van der Waals surface area contributed by atoms with E-state index < -0.39 is 28.7 Å². The molecule has 6 heteroatoms. The van der Waals surface area contributed by atoms with Crippen molar-refractivity contribution in [1.82, 2.24) is 0 Å². The molecule has 9 aromatic carbocycles. The number of phenols is 5. The fourth-order valence-corrected chi connectivity index (χ4v) is 7.56. The first kappa shape index (κ1) is 32.5. The third kappa shape index (κ3) is 5.28. The number of hydrogen-bond donors (Lipinski definition) is 5. The van der Waals surface area contributed by atoms with Crippen molar-refractivity contribution in [2.75, 3.05) is 4.90 Å². The number of rotatable bonds is 6. The molecular formula is C48H33NO5. The largest absolute Gasteiger partial charge is 0.504 e. The van der Waals surface area contributed by atoms with Crippen LogP contribution in [0.2, 0.25) is 0 Å². The molecule has 0 bridgehead atoms. The summed E-state index contributed by atoms with van der Waals surface area (Å²) in [5.74, 6) is -4.25. The van der Waals surface area contributed by atoms with Crippen LogP contribution in [-0.2, 0) is 0 Å². The van der Waals surface area contributed by atoms with Gasteiger partial charge in [-0.1, -0.05) is 152 Å². The Kier molecular flexibility index (Phi) is 7.79. The molecule has 6 nitrogen and oxygen atoms in total. The number of anilines is 3. The zero-order valence-electron chi connectivity index (χ0n) is 28.8. The molecule has 0 radical (unpaired) electrons. The maximum absolute atomic E-state index is 10.4. The number of fused-ring (bicyclic) bond motifs is 3. The van der Waals surface area contributed by atoms with Gasteiger partial charge in [-0.15, -0.1) is 0 Å². The van der Waals surface area contributed by atoms with Gasteiger partial charge in [0.25, 0.3) is 0 Å². The molecule has 0 saturated heterocycles. The molecule has 0 atom stereocenters. The average molecular weight is 704 g/mol. The number of nitrogens with zero attached hydrogens (tertiary/aromatic N) is 1. The maximum atomic E-state index is 10.4. The van der Waals surface area contributed by atoms with Crippen LogP contribution in [0.3, 0.4) is 0 Å². The molecule has 0 heterocycles. The first-order chi connectivity index (χ1) is 26.4. The van der Waals surface area contributed by atoms with E-state index in [0.717, 1.165) is 60.9 Å². The molecule has 0 saturated carbocycles. The molecule has 0 aromatic heterocycles. The Morgan fingerprint density at radius 2 is 0.667 bits per heavy atom. The van der Waals surface area contributed by atoms with Gasteiger partial charge in [0.1, 0.15) is 0 Å². The van der Waals surface area contributed by atoms with E-state index in [9.17, 15) is 25.5 Å². The second kappa shape index (κ2) is 13.0. The van der Waals surface area contributed by atoms with Gasteiger partial charge in [-0.3, -0.25) is 0 Å². The molecule has 9 rings (SSSR count). The minimum atomic E-state index is -0.986. The minimum Gasteiger partial charge on any atom is -0.504 e. The summed E-state index contributed by atoms with van der Waals surface area (Å²) in [7, 11) is 0. The molecule has 54 heavy (non-hydrogen) atoms. The Hall–Kier alpha value is -7.44. The van der Waals surface area contributed by atoms with Crippen LogP contribution < -0.4 is 4.90 Å². The normalized spacial score (nSPS) is 11.3. The van der Waals surface area contributed by atoms with Gasteiger partial charge >= 0.3 is 0 Å². The predicted molar refractivity (Wildman–Crippen MR) is 218 cm³/mol. The van der Waals surface area contributed by atoms with Crippen LogP contribution in [0.25, 0.3) is 65.7 Å². The van der Waals surface area contributed by atoms with Crippen LogP contribution in [0.4, 0.5) is 17.1 Å². The average Bonchev–Trinajstić information content (AvgIpc) is 3.23. The van der Waals surface area contributed by atoms with Crippen LogP contribution in [0.1, 0.15) is 0 Å². The Labute approximate surface area is 310 Å². The van der Waals surface area contributed by atoms with E-state index >= 15 is 0 Å². The minimum absolute atomic E-state index is 0.181. The van der Waals surface area contributed by atoms with Crippen LogP contribution >= 0.6 is 0 Å². The summed E-state index contributed by atoms with van der Waals surface area (Å²) in [6, 6.07) is 58.2. The molecule has 0 fully saturated rings. The van der Waals surface area contributed by atoms with Crippen molar-refractivity contribution in [1.29, 1.82) is 0 Å². The Morgan fingerprint density at radius 1 is 0.278 bits per heavy atom. The van der Waals surface area contributed by atoms with Crippen LogP contribution in [0.5, 0.6) is 28.7 Å². The molecular weight excluding hydrogens is 671 g/mol. The summed E-state index contributed by atoms with van der Waals surface area (Å²) in [5.41, 5.74) is 7.44. The standard InChI is InChI=1S/C48H33NO5/c50-44-43(45(51)47(53)48(54)46(44)52)34-25-21-30(22-26-34)29-19-23-33(24-20-29)35-27-28-42(39-16-6-5-15-38(35)39)49(40-17-7-11-31-9-1-3-13-36(31)40)41-18-8-12-32-10-2-4-14-37(32)41/h1-28,50-54H. The topological polar surface area (TPSA) is 104 Å². The zero-order valence-corrected chi connectivity index (χ0v) is 28.8. The van der Waals surface area contributed by atoms with Crippen molar-refractivity contribution >= 4 is 49.4 Å². The fourth-order valence-electron chi connectivity index (χ4n) is 7.56. The second-order valence-corrected chi connectivity index (χ2v) is 13.3. The lowest BCUT2D eigenvalue weighted by Gasteiger charge is -2.29. The highest BCUT2D eigenvalue weighted by Gasteiger charge is 2.24. The Balaban J connectivity index is 1.13. The molecule has 260 valence electrons. The van der Waals surface area contributed by atoms with Crippen molar-refractivity contribution in [2.24, 2.45) is 0 Å². The van der Waals surface area contributed by atoms with E-state index in [-0.39, 0.29) is 5.56 Å². The van der Waals surface area contributed by atoms with Gasteiger partial charge in [-0.25, -0.2) is 0 Å². The van der Waals surface area contributed by atoms with Crippen LogP contribution in [-0.4, -0.2) is 25.5 Å². The highest BCUT2D eigenvalue weighted by molar-refractivity contribution is 6.11. The van der Waals surface area contributed by atoms with E-state index in [2.05, 4.69) is 150 Å².